The van der Waals surface area contributed by atoms with Crippen LogP contribution in [-0.2, 0) is 16.4 Å². The summed E-state index contributed by atoms with van der Waals surface area (Å²) in [6, 6.07) is 4.11. The summed E-state index contributed by atoms with van der Waals surface area (Å²) < 4.78 is 26.5. The molecule has 0 aliphatic carbocycles. The average molecular weight is 299 g/mol. The van der Waals surface area contributed by atoms with E-state index in [-0.39, 0.29) is 16.5 Å². The van der Waals surface area contributed by atoms with Crippen molar-refractivity contribution >= 4 is 16.0 Å². The Kier molecular flexibility index (Phi) is 5.30. The van der Waals surface area contributed by atoms with Gasteiger partial charge in [-0.05, 0) is 37.5 Å². The number of hydrogen-bond acceptors (Lipinski definition) is 3. The highest BCUT2D eigenvalue weighted by atomic mass is 32.2. The van der Waals surface area contributed by atoms with Gasteiger partial charge in [-0.3, -0.25) is 0 Å². The lowest BCUT2D eigenvalue weighted by Crippen LogP contribution is -2.35. The lowest BCUT2D eigenvalue weighted by atomic mass is 10.1. The first-order valence-electron chi connectivity index (χ1n) is 6.59. The van der Waals surface area contributed by atoms with E-state index in [0.29, 0.717) is 18.4 Å². The van der Waals surface area contributed by atoms with Crippen molar-refractivity contribution in [1.29, 1.82) is 0 Å². The number of rotatable bonds is 6. The molecular formula is C14H21NO4S. The van der Waals surface area contributed by atoms with Gasteiger partial charge >= 0.3 is 5.97 Å². The van der Waals surface area contributed by atoms with E-state index >= 15 is 0 Å². The molecule has 0 saturated carbocycles. The third-order valence-electron chi connectivity index (χ3n) is 3.56. The number of sulfonamides is 1. The first-order chi connectivity index (χ1) is 9.25. The zero-order chi connectivity index (χ0) is 15.5. The van der Waals surface area contributed by atoms with Gasteiger partial charge in [0.1, 0.15) is 0 Å². The summed E-state index contributed by atoms with van der Waals surface area (Å²) in [7, 11) is -2.15. The van der Waals surface area contributed by atoms with Gasteiger partial charge < -0.3 is 5.11 Å². The summed E-state index contributed by atoms with van der Waals surface area (Å²) in [4.78, 5) is 11.1. The Labute approximate surface area is 120 Å². The van der Waals surface area contributed by atoms with Crippen LogP contribution in [0.3, 0.4) is 0 Å². The average Bonchev–Trinajstić information content (AvgIpc) is 2.44. The first-order valence-corrected chi connectivity index (χ1v) is 8.03. The normalized spacial score (nSPS) is 13.4. The van der Waals surface area contributed by atoms with Crippen LogP contribution < -0.4 is 0 Å². The summed E-state index contributed by atoms with van der Waals surface area (Å²) >= 11 is 0. The molecule has 112 valence electrons. The SMILES string of the molecule is CCc1ccc(C(=O)O)cc1S(=O)(=O)N(C)C(C)CC. The molecule has 0 aromatic heterocycles. The summed E-state index contributed by atoms with van der Waals surface area (Å²) in [5, 5.41) is 9.02. The lowest BCUT2D eigenvalue weighted by molar-refractivity contribution is 0.0696. The molecule has 0 bridgehead atoms. The van der Waals surface area contributed by atoms with Crippen LogP contribution in [-0.4, -0.2) is 36.9 Å². The van der Waals surface area contributed by atoms with Gasteiger partial charge in [-0.25, -0.2) is 13.2 Å². The highest BCUT2D eigenvalue weighted by Gasteiger charge is 2.27. The monoisotopic (exact) mass is 299 g/mol. The predicted octanol–water partition coefficient (Wildman–Crippen LogP) is 2.37. The first kappa shape index (κ1) is 16.7. The molecule has 6 heteroatoms. The Morgan fingerprint density at radius 3 is 2.40 bits per heavy atom. The van der Waals surface area contributed by atoms with E-state index in [9.17, 15) is 13.2 Å². The minimum Gasteiger partial charge on any atom is -0.478 e. The Bertz CT molecular complexity index is 595. The second-order valence-corrected chi connectivity index (χ2v) is 6.73. The van der Waals surface area contributed by atoms with Crippen LogP contribution in [0, 0.1) is 0 Å². The standard InChI is InChI=1S/C14H21NO4S/c1-5-10(3)15(4)20(18,19)13-9-12(14(16)17)8-7-11(13)6-2/h7-10H,5-6H2,1-4H3,(H,16,17). The second-order valence-electron chi connectivity index (χ2n) is 4.76. The summed E-state index contributed by atoms with van der Waals surface area (Å²) in [5.41, 5.74) is 0.614. The van der Waals surface area contributed by atoms with Crippen LogP contribution >= 0.6 is 0 Å². The maximum atomic E-state index is 12.6. The molecule has 20 heavy (non-hydrogen) atoms. The minimum atomic E-state index is -3.68. The number of carboxylic acid groups (broad SMARTS) is 1. The van der Waals surface area contributed by atoms with Crippen LogP contribution in [0.1, 0.15) is 43.1 Å². The number of nitrogens with zero attached hydrogens (tertiary/aromatic N) is 1. The molecule has 1 aromatic rings. The number of carbonyl (C=O) groups is 1. The smallest absolute Gasteiger partial charge is 0.335 e. The molecule has 0 amide bonds. The van der Waals surface area contributed by atoms with Crippen molar-refractivity contribution in [2.75, 3.05) is 7.05 Å². The molecule has 0 fully saturated rings. The third-order valence-corrected chi connectivity index (χ3v) is 5.62. The number of benzene rings is 1. The Morgan fingerprint density at radius 2 is 1.95 bits per heavy atom. The van der Waals surface area contributed by atoms with E-state index in [1.807, 2.05) is 20.8 Å². The van der Waals surface area contributed by atoms with E-state index < -0.39 is 16.0 Å². The molecule has 0 aliphatic heterocycles. The molecule has 1 N–H and O–H groups in total. The summed E-state index contributed by atoms with van der Waals surface area (Å²) in [6.45, 7) is 5.58. The maximum Gasteiger partial charge on any atom is 0.335 e. The molecule has 1 atom stereocenters. The number of carboxylic acids is 1. The number of aromatic carboxylic acids is 1. The van der Waals surface area contributed by atoms with E-state index in [0.717, 1.165) is 0 Å². The zero-order valence-electron chi connectivity index (χ0n) is 12.3. The van der Waals surface area contributed by atoms with E-state index in [1.54, 1.807) is 6.07 Å². The van der Waals surface area contributed by atoms with Crippen LogP contribution in [0.2, 0.25) is 0 Å². The molecule has 0 saturated heterocycles. The fourth-order valence-electron chi connectivity index (χ4n) is 1.87. The molecule has 1 unspecified atom stereocenters. The molecule has 5 nitrogen and oxygen atoms in total. The maximum absolute atomic E-state index is 12.6. The van der Waals surface area contributed by atoms with Crippen molar-refractivity contribution < 1.29 is 18.3 Å². The van der Waals surface area contributed by atoms with Gasteiger partial charge in [0.05, 0.1) is 10.5 Å². The largest absolute Gasteiger partial charge is 0.478 e. The van der Waals surface area contributed by atoms with Crippen molar-refractivity contribution in [1.82, 2.24) is 4.31 Å². The van der Waals surface area contributed by atoms with Gasteiger partial charge in [0.25, 0.3) is 0 Å². The minimum absolute atomic E-state index is 0.0154. The predicted molar refractivity (Wildman–Crippen MR) is 77.5 cm³/mol. The fourth-order valence-corrected chi connectivity index (χ4v) is 3.62. The van der Waals surface area contributed by atoms with E-state index in [1.165, 1.54) is 23.5 Å². The highest BCUT2D eigenvalue weighted by molar-refractivity contribution is 7.89. The Hall–Kier alpha value is -1.40. The number of aryl methyl sites for hydroxylation is 1. The Balaban J connectivity index is 3.42. The van der Waals surface area contributed by atoms with Gasteiger partial charge in [-0.2, -0.15) is 4.31 Å². The molecule has 0 spiro atoms. The molecule has 1 rings (SSSR count). The van der Waals surface area contributed by atoms with Gasteiger partial charge in [0.15, 0.2) is 0 Å². The van der Waals surface area contributed by atoms with Crippen molar-refractivity contribution in [3.63, 3.8) is 0 Å². The molecular weight excluding hydrogens is 278 g/mol. The van der Waals surface area contributed by atoms with Crippen LogP contribution in [0.25, 0.3) is 0 Å². The van der Waals surface area contributed by atoms with Crippen molar-refractivity contribution in [3.05, 3.63) is 29.3 Å². The molecule has 0 radical (unpaired) electrons. The van der Waals surface area contributed by atoms with Crippen molar-refractivity contribution in [3.8, 4) is 0 Å². The highest BCUT2D eigenvalue weighted by Crippen LogP contribution is 2.23. The quantitative estimate of drug-likeness (QED) is 0.875. The number of hydrogen-bond donors (Lipinski definition) is 1. The molecule has 1 aromatic carbocycles. The molecule has 0 heterocycles. The van der Waals surface area contributed by atoms with Gasteiger partial charge in [0.2, 0.25) is 10.0 Å². The van der Waals surface area contributed by atoms with Gasteiger partial charge in [-0.15, -0.1) is 0 Å². The Morgan fingerprint density at radius 1 is 1.35 bits per heavy atom. The van der Waals surface area contributed by atoms with Crippen LogP contribution in [0.15, 0.2) is 23.1 Å². The van der Waals surface area contributed by atoms with E-state index in [2.05, 4.69) is 0 Å². The van der Waals surface area contributed by atoms with Gasteiger partial charge in [-0.1, -0.05) is 19.9 Å². The molecule has 0 aliphatic rings. The summed E-state index contributed by atoms with van der Waals surface area (Å²) in [5.74, 6) is -1.13. The fraction of sp³-hybridized carbons (Fsp3) is 0.500. The van der Waals surface area contributed by atoms with Crippen molar-refractivity contribution in [2.24, 2.45) is 0 Å². The third kappa shape index (κ3) is 3.19. The lowest BCUT2D eigenvalue weighted by Gasteiger charge is -2.24. The van der Waals surface area contributed by atoms with Gasteiger partial charge in [0, 0.05) is 13.1 Å². The zero-order valence-corrected chi connectivity index (χ0v) is 13.1. The van der Waals surface area contributed by atoms with Crippen molar-refractivity contribution in [2.45, 2.75) is 44.6 Å². The van der Waals surface area contributed by atoms with E-state index in [4.69, 9.17) is 5.11 Å². The topological polar surface area (TPSA) is 74.7 Å². The van der Waals surface area contributed by atoms with Crippen LogP contribution in [0.5, 0.6) is 0 Å². The summed E-state index contributed by atoms with van der Waals surface area (Å²) in [6.07, 6.45) is 1.22. The second kappa shape index (κ2) is 6.37. The van der Waals surface area contributed by atoms with Crippen LogP contribution in [0.4, 0.5) is 0 Å².